The van der Waals surface area contributed by atoms with Gasteiger partial charge >= 0.3 is 0 Å². The molecule has 2 heterocycles. The van der Waals surface area contributed by atoms with Gasteiger partial charge in [-0.25, -0.2) is 0 Å². The summed E-state index contributed by atoms with van der Waals surface area (Å²) in [6.07, 6.45) is 0.839. The van der Waals surface area contributed by atoms with Gasteiger partial charge in [0.05, 0.1) is 0 Å². The van der Waals surface area contributed by atoms with Crippen molar-refractivity contribution in [3.8, 4) is 11.5 Å². The normalized spacial score (nSPS) is 11.2. The molecule has 4 heteroatoms. The van der Waals surface area contributed by atoms with Crippen molar-refractivity contribution >= 4 is 16.8 Å². The molecule has 0 atom stereocenters. The summed E-state index contributed by atoms with van der Waals surface area (Å²) in [4.78, 5) is 0. The summed E-state index contributed by atoms with van der Waals surface area (Å²) in [6, 6.07) is 9.95. The van der Waals surface area contributed by atoms with Crippen molar-refractivity contribution < 1.29 is 4.42 Å². The third-order valence-electron chi connectivity index (χ3n) is 3.21. The average molecular weight is 241 g/mol. The zero-order valence-electron chi connectivity index (χ0n) is 10.5. The number of hydrogen-bond donors (Lipinski definition) is 1. The molecular weight excluding hydrogens is 226 g/mol. The van der Waals surface area contributed by atoms with E-state index in [0.717, 1.165) is 34.4 Å². The first kappa shape index (κ1) is 10.9. The minimum absolute atomic E-state index is 0.702. The van der Waals surface area contributed by atoms with Gasteiger partial charge in [0.15, 0.2) is 5.76 Å². The standard InChI is InChI=1S/C14H15N3O/c1-3-10-13(16-17(2)14(10)15)12-8-9-6-4-5-7-11(9)18-12/h4-8H,3,15H2,1-2H3. The summed E-state index contributed by atoms with van der Waals surface area (Å²) < 4.78 is 7.53. The van der Waals surface area contributed by atoms with E-state index in [1.54, 1.807) is 4.68 Å². The van der Waals surface area contributed by atoms with Crippen molar-refractivity contribution in [3.63, 3.8) is 0 Å². The quantitative estimate of drug-likeness (QED) is 0.750. The predicted molar refractivity (Wildman–Crippen MR) is 72.2 cm³/mol. The van der Waals surface area contributed by atoms with E-state index >= 15 is 0 Å². The van der Waals surface area contributed by atoms with Crippen LogP contribution in [0.1, 0.15) is 12.5 Å². The smallest absolute Gasteiger partial charge is 0.156 e. The van der Waals surface area contributed by atoms with Crippen LogP contribution in [0.5, 0.6) is 0 Å². The van der Waals surface area contributed by atoms with Gasteiger partial charge in [0.1, 0.15) is 17.1 Å². The molecule has 0 unspecified atom stereocenters. The molecule has 0 radical (unpaired) electrons. The Kier molecular flexibility index (Phi) is 2.37. The van der Waals surface area contributed by atoms with Crippen LogP contribution in [0.3, 0.4) is 0 Å². The molecule has 92 valence electrons. The molecule has 4 nitrogen and oxygen atoms in total. The highest BCUT2D eigenvalue weighted by Crippen LogP contribution is 2.31. The van der Waals surface area contributed by atoms with Crippen LogP contribution in [0.2, 0.25) is 0 Å². The van der Waals surface area contributed by atoms with Gasteiger partial charge in [-0.05, 0) is 18.6 Å². The van der Waals surface area contributed by atoms with Gasteiger partial charge in [-0.1, -0.05) is 25.1 Å². The van der Waals surface area contributed by atoms with E-state index in [4.69, 9.17) is 10.2 Å². The number of aryl methyl sites for hydroxylation is 1. The SMILES string of the molecule is CCc1c(-c2cc3ccccc3o2)nn(C)c1N. The molecular formula is C14H15N3O. The number of rotatable bonds is 2. The van der Waals surface area contributed by atoms with Crippen molar-refractivity contribution in [1.29, 1.82) is 0 Å². The van der Waals surface area contributed by atoms with E-state index in [-0.39, 0.29) is 0 Å². The first-order chi connectivity index (χ1) is 8.70. The number of nitrogens with zero attached hydrogens (tertiary/aromatic N) is 2. The van der Waals surface area contributed by atoms with Crippen molar-refractivity contribution in [1.82, 2.24) is 9.78 Å². The zero-order chi connectivity index (χ0) is 12.7. The lowest BCUT2D eigenvalue weighted by atomic mass is 10.1. The zero-order valence-corrected chi connectivity index (χ0v) is 10.5. The van der Waals surface area contributed by atoms with Gasteiger partial charge in [-0.3, -0.25) is 4.68 Å². The lowest BCUT2D eigenvalue weighted by Gasteiger charge is -1.96. The van der Waals surface area contributed by atoms with Crippen LogP contribution in [0.4, 0.5) is 5.82 Å². The van der Waals surface area contributed by atoms with Crippen LogP contribution in [-0.4, -0.2) is 9.78 Å². The van der Waals surface area contributed by atoms with Gasteiger partial charge in [0.25, 0.3) is 0 Å². The minimum Gasteiger partial charge on any atom is -0.454 e. The van der Waals surface area contributed by atoms with Gasteiger partial charge in [0.2, 0.25) is 0 Å². The Morgan fingerprint density at radius 2 is 2.11 bits per heavy atom. The summed E-state index contributed by atoms with van der Waals surface area (Å²) in [5.74, 6) is 1.48. The Bertz CT molecular complexity index is 676. The van der Waals surface area contributed by atoms with Crippen LogP contribution >= 0.6 is 0 Å². The Labute approximate surface area is 105 Å². The Morgan fingerprint density at radius 1 is 1.33 bits per heavy atom. The minimum atomic E-state index is 0.702. The number of nitrogen functional groups attached to an aromatic ring is 1. The number of para-hydroxylation sites is 1. The molecule has 2 N–H and O–H groups in total. The molecule has 0 bridgehead atoms. The molecule has 0 fully saturated rings. The Hall–Kier alpha value is -2.23. The molecule has 3 rings (SSSR count). The summed E-state index contributed by atoms with van der Waals surface area (Å²) in [5, 5.41) is 5.53. The summed E-state index contributed by atoms with van der Waals surface area (Å²) in [5.41, 5.74) is 8.76. The highest BCUT2D eigenvalue weighted by atomic mass is 16.3. The Morgan fingerprint density at radius 3 is 2.83 bits per heavy atom. The maximum absolute atomic E-state index is 6.00. The second kappa shape index (κ2) is 3.91. The fourth-order valence-electron chi connectivity index (χ4n) is 2.23. The third kappa shape index (κ3) is 1.49. The van der Waals surface area contributed by atoms with Gasteiger partial charge in [0, 0.05) is 18.0 Å². The first-order valence-electron chi connectivity index (χ1n) is 6.01. The first-order valence-corrected chi connectivity index (χ1v) is 6.01. The monoisotopic (exact) mass is 241 g/mol. The van der Waals surface area contributed by atoms with E-state index in [0.29, 0.717) is 5.82 Å². The molecule has 0 aliphatic rings. The van der Waals surface area contributed by atoms with Crippen LogP contribution in [0.15, 0.2) is 34.7 Å². The summed E-state index contributed by atoms with van der Waals surface area (Å²) >= 11 is 0. The van der Waals surface area contributed by atoms with E-state index in [9.17, 15) is 0 Å². The largest absolute Gasteiger partial charge is 0.454 e. The lowest BCUT2D eigenvalue weighted by molar-refractivity contribution is 0.624. The fraction of sp³-hybridized carbons (Fsp3) is 0.214. The third-order valence-corrected chi connectivity index (χ3v) is 3.21. The topological polar surface area (TPSA) is 57.0 Å². The maximum Gasteiger partial charge on any atom is 0.156 e. The number of aromatic nitrogens is 2. The van der Waals surface area contributed by atoms with Gasteiger partial charge in [-0.15, -0.1) is 0 Å². The van der Waals surface area contributed by atoms with Crippen LogP contribution in [-0.2, 0) is 13.5 Å². The van der Waals surface area contributed by atoms with E-state index in [2.05, 4.69) is 12.0 Å². The summed E-state index contributed by atoms with van der Waals surface area (Å²) in [6.45, 7) is 2.07. The molecule has 0 aliphatic heterocycles. The highest BCUT2D eigenvalue weighted by Gasteiger charge is 2.17. The fourth-order valence-corrected chi connectivity index (χ4v) is 2.23. The van der Waals surface area contributed by atoms with Crippen molar-refractivity contribution in [3.05, 3.63) is 35.9 Å². The molecule has 3 aromatic rings. The molecule has 0 amide bonds. The van der Waals surface area contributed by atoms with Crippen molar-refractivity contribution in [2.75, 3.05) is 5.73 Å². The van der Waals surface area contributed by atoms with Crippen LogP contribution in [0.25, 0.3) is 22.4 Å². The Balaban J connectivity index is 2.22. The van der Waals surface area contributed by atoms with E-state index in [1.807, 2.05) is 37.4 Å². The van der Waals surface area contributed by atoms with Crippen LogP contribution in [0, 0.1) is 0 Å². The number of nitrogens with two attached hydrogens (primary N) is 1. The second-order valence-electron chi connectivity index (χ2n) is 4.34. The molecule has 18 heavy (non-hydrogen) atoms. The number of furan rings is 1. The number of hydrogen-bond acceptors (Lipinski definition) is 3. The highest BCUT2D eigenvalue weighted by molar-refractivity contribution is 5.83. The number of anilines is 1. The predicted octanol–water partition coefficient (Wildman–Crippen LogP) is 2.98. The number of benzene rings is 1. The van der Waals surface area contributed by atoms with E-state index in [1.165, 1.54) is 0 Å². The van der Waals surface area contributed by atoms with Crippen molar-refractivity contribution in [2.45, 2.75) is 13.3 Å². The molecule has 0 aliphatic carbocycles. The molecule has 0 spiro atoms. The number of fused-ring (bicyclic) bond motifs is 1. The van der Waals surface area contributed by atoms with Crippen LogP contribution < -0.4 is 5.73 Å². The maximum atomic E-state index is 6.00. The lowest BCUT2D eigenvalue weighted by Crippen LogP contribution is -1.98. The average Bonchev–Trinajstić information content (AvgIpc) is 2.91. The summed E-state index contributed by atoms with van der Waals surface area (Å²) in [7, 11) is 1.85. The second-order valence-corrected chi connectivity index (χ2v) is 4.34. The van der Waals surface area contributed by atoms with E-state index < -0.39 is 0 Å². The van der Waals surface area contributed by atoms with Gasteiger partial charge in [-0.2, -0.15) is 5.10 Å². The molecule has 2 aromatic heterocycles. The van der Waals surface area contributed by atoms with Crippen molar-refractivity contribution in [2.24, 2.45) is 7.05 Å². The van der Waals surface area contributed by atoms with Gasteiger partial charge < -0.3 is 10.2 Å². The molecule has 0 saturated heterocycles. The molecule has 0 saturated carbocycles. The molecule has 1 aromatic carbocycles.